The highest BCUT2D eigenvalue weighted by atomic mass is 32.2. The molecule has 5 atom stereocenters. The highest BCUT2D eigenvalue weighted by Crippen LogP contribution is 2.57. The molecule has 0 spiro atoms. The molecule has 1 aromatic heterocycles. The molecule has 2 aliphatic rings. The van der Waals surface area contributed by atoms with Crippen LogP contribution in [-0.2, 0) is 78.2 Å². The van der Waals surface area contributed by atoms with Crippen molar-refractivity contribution in [3.63, 3.8) is 0 Å². The van der Waals surface area contributed by atoms with Crippen molar-refractivity contribution < 1.29 is 85.6 Å². The van der Waals surface area contributed by atoms with Crippen molar-refractivity contribution in [2.24, 2.45) is 11.1 Å². The molecule has 1 aliphatic carbocycles. The molecule has 0 bridgehead atoms. The molecule has 5 rings (SSSR count). The fourth-order valence-corrected chi connectivity index (χ4v) is 10.1. The van der Waals surface area contributed by atoms with Gasteiger partial charge in [0.2, 0.25) is 47.3 Å². The number of primary amides is 1. The van der Waals surface area contributed by atoms with Crippen LogP contribution in [0.25, 0.3) is 11.1 Å². The summed E-state index contributed by atoms with van der Waals surface area (Å²) >= 11 is 0.965. The van der Waals surface area contributed by atoms with Crippen molar-refractivity contribution in [2.45, 2.75) is 96.6 Å². The van der Waals surface area contributed by atoms with Gasteiger partial charge in [-0.3, -0.25) is 52.8 Å². The lowest BCUT2D eigenvalue weighted by Gasteiger charge is -2.37. The number of aromatic nitrogens is 1. The minimum Gasteiger partial charge on any atom is -0.480 e. The van der Waals surface area contributed by atoms with E-state index in [1.165, 1.54) is 20.8 Å². The summed E-state index contributed by atoms with van der Waals surface area (Å²) in [6, 6.07) is 8.41. The lowest BCUT2D eigenvalue weighted by molar-refractivity contribution is -0.141. The van der Waals surface area contributed by atoms with Gasteiger partial charge in [0, 0.05) is 80.4 Å². The third kappa shape index (κ3) is 23.5. The number of carbonyl (C=O) groups excluding carboxylic acids is 10. The Morgan fingerprint density at radius 2 is 1.35 bits per heavy atom. The molecule has 26 nitrogen and oxygen atoms in total. The summed E-state index contributed by atoms with van der Waals surface area (Å²) in [5, 5.41) is 25.1. The summed E-state index contributed by atoms with van der Waals surface area (Å²) in [6.07, 6.45) is 4.51. The maximum absolute atomic E-state index is 15.5. The van der Waals surface area contributed by atoms with Gasteiger partial charge in [-0.05, 0) is 68.4 Å². The smallest absolute Gasteiger partial charge is 0.327 e. The van der Waals surface area contributed by atoms with Crippen LogP contribution in [0.5, 0.6) is 0 Å². The maximum atomic E-state index is 15.5. The van der Waals surface area contributed by atoms with E-state index in [4.69, 9.17) is 24.7 Å². The second kappa shape index (κ2) is 35.6. The number of hydrogen-bond donors (Lipinski definition) is 8. The molecule has 0 radical (unpaired) electrons. The van der Waals surface area contributed by atoms with Crippen molar-refractivity contribution >= 4 is 76.8 Å². The lowest BCUT2D eigenvalue weighted by Crippen LogP contribution is -2.56. The Bertz CT molecular complexity index is 2950. The molecule has 1 aliphatic heterocycles. The van der Waals surface area contributed by atoms with E-state index in [1.807, 2.05) is 41.8 Å². The third-order valence-electron chi connectivity index (χ3n) is 14.0. The number of nitrogens with one attached hydrogen (secondary N) is 6. The number of nitrogens with two attached hydrogens (primary N) is 1. The molecule has 88 heavy (non-hydrogen) atoms. The molecule has 1 saturated carbocycles. The minimum absolute atomic E-state index is 0.00663. The number of nitrogens with zero attached hydrogens (tertiary/aromatic N) is 3. The van der Waals surface area contributed by atoms with Crippen molar-refractivity contribution in [2.75, 3.05) is 90.5 Å². The van der Waals surface area contributed by atoms with Crippen molar-refractivity contribution in [1.29, 1.82) is 0 Å². The number of carboxylic acid groups (broad SMARTS) is 1. The Hall–Kier alpha value is -8.12. The molecule has 2 heterocycles. The minimum atomic E-state index is -1.47. The van der Waals surface area contributed by atoms with E-state index in [0.717, 1.165) is 52.6 Å². The van der Waals surface area contributed by atoms with Gasteiger partial charge in [0.05, 0.1) is 71.1 Å². The van der Waals surface area contributed by atoms with Gasteiger partial charge in [0.25, 0.3) is 11.8 Å². The first kappa shape index (κ1) is 70.6. The average Bonchev–Trinajstić information content (AvgIpc) is 1.61. The quantitative estimate of drug-likeness (QED) is 0.0288. The van der Waals surface area contributed by atoms with Gasteiger partial charge < -0.3 is 71.2 Å². The van der Waals surface area contributed by atoms with Crippen LogP contribution in [0.1, 0.15) is 77.1 Å². The Balaban J connectivity index is 1.16. The number of halogens is 2. The number of benzene rings is 2. The molecule has 480 valence electrons. The normalized spacial score (nSPS) is 14.9. The number of rotatable bonds is 41. The van der Waals surface area contributed by atoms with E-state index in [-0.39, 0.29) is 115 Å². The highest BCUT2D eigenvalue weighted by molar-refractivity contribution is 8.00. The predicted octanol–water partition coefficient (Wildman–Crippen LogP) is 0.847. The maximum Gasteiger partial charge on any atom is 0.327 e. The van der Waals surface area contributed by atoms with E-state index in [9.17, 15) is 62.2 Å². The first-order chi connectivity index (χ1) is 42.0. The first-order valence-corrected chi connectivity index (χ1v) is 29.8. The summed E-state index contributed by atoms with van der Waals surface area (Å²) < 4.78 is 53.9. The molecular formula is C59H78F2N10O16S. The monoisotopic (exact) mass is 1250 g/mol. The van der Waals surface area contributed by atoms with Gasteiger partial charge >= 0.3 is 5.97 Å². The van der Waals surface area contributed by atoms with Crippen LogP contribution in [0.2, 0.25) is 0 Å². The second-order valence-electron chi connectivity index (χ2n) is 21.2. The number of carboxylic acids is 1. The van der Waals surface area contributed by atoms with Gasteiger partial charge in [0.15, 0.2) is 0 Å². The van der Waals surface area contributed by atoms with Crippen molar-refractivity contribution in [3.8, 4) is 11.1 Å². The standard InChI is InChI=1S/C59H78F2N10O16S/c1-37(65-39(3)72)55(79)66-38(2)56(80)68-45(31-48(62)73)57(81)64-18-8-20-70(54(59(4)16-17-59)47-29-41(43-30-42(60)11-12-44(43)61)33-69(47)32-40-9-6-5-7-10-40)53(78)36-88-35-46(58(82)83)67-49(74)15-21-84-23-25-86-27-28-87-26-24-85-22-19-63-50(75)34-71-51(76)13-14-52(71)77/h5-7,9-14,29-30,33,37-38,45-46,54H,8,15-28,31-32,34-36H2,1-4H3,(H2,62,73)(H,63,75)(H,64,81)(H,65,72)(H,66,79)(H,67,74)(H,68,80)(H,82,83)/t37-,38+,45-,46-,54-/m0/s1. The Morgan fingerprint density at radius 3 is 1.97 bits per heavy atom. The molecule has 10 amide bonds. The number of imide groups is 1. The number of aliphatic carboxylic acids is 1. The van der Waals surface area contributed by atoms with Crippen LogP contribution >= 0.6 is 11.8 Å². The molecular weight excluding hydrogens is 1170 g/mol. The van der Waals surface area contributed by atoms with E-state index in [0.29, 0.717) is 24.1 Å². The number of thioether (sulfide) groups is 1. The van der Waals surface area contributed by atoms with Crippen LogP contribution in [0.15, 0.2) is 72.9 Å². The zero-order chi connectivity index (χ0) is 64.3. The van der Waals surface area contributed by atoms with Gasteiger partial charge in [-0.2, -0.15) is 0 Å². The fraction of sp³-hybridized carbons (Fsp3) is 0.508. The molecule has 0 unspecified atom stereocenters. The van der Waals surface area contributed by atoms with E-state index in [2.05, 4.69) is 31.9 Å². The van der Waals surface area contributed by atoms with Gasteiger partial charge in [-0.1, -0.05) is 37.3 Å². The summed E-state index contributed by atoms with van der Waals surface area (Å²) in [7, 11) is 0. The average molecular weight is 1250 g/mol. The molecule has 2 aromatic carbocycles. The third-order valence-corrected chi connectivity index (χ3v) is 15.0. The second-order valence-corrected chi connectivity index (χ2v) is 22.2. The predicted molar refractivity (Wildman–Crippen MR) is 315 cm³/mol. The van der Waals surface area contributed by atoms with Gasteiger partial charge in [-0.25, -0.2) is 13.6 Å². The highest BCUT2D eigenvalue weighted by Gasteiger charge is 2.50. The molecule has 3 aromatic rings. The summed E-state index contributed by atoms with van der Waals surface area (Å²) in [4.78, 5) is 141. The topological polar surface area (TPSA) is 355 Å². The van der Waals surface area contributed by atoms with Crippen LogP contribution in [0.3, 0.4) is 0 Å². The Labute approximate surface area is 512 Å². The Morgan fingerprint density at radius 1 is 0.739 bits per heavy atom. The number of ether oxygens (including phenoxy) is 4. The molecule has 0 saturated heterocycles. The number of carbonyl (C=O) groups is 11. The SMILES string of the molecule is CC(=O)N[C@@H](C)C(=O)N[C@H](C)C(=O)N[C@@H](CC(N)=O)C(=O)NCCCN(C(=O)CSC[C@H](NC(=O)CCOCCOCCOCCOCCNC(=O)CN1C(=O)C=CC1=O)C(=O)O)[C@@H](c1cc(-c2cc(F)ccc2F)cn1Cc1ccccc1)C1(C)CC1. The Kier molecular flexibility index (Phi) is 28.6. The zero-order valence-corrected chi connectivity index (χ0v) is 50.4. The summed E-state index contributed by atoms with van der Waals surface area (Å²) in [5.74, 6) is -9.55. The fourth-order valence-electron chi connectivity index (χ4n) is 9.13. The number of amides is 10. The van der Waals surface area contributed by atoms with Crippen molar-refractivity contribution in [1.82, 2.24) is 46.3 Å². The first-order valence-electron chi connectivity index (χ1n) is 28.6. The van der Waals surface area contributed by atoms with Crippen LogP contribution in [0, 0.1) is 17.0 Å². The summed E-state index contributed by atoms with van der Waals surface area (Å²) in [5.41, 5.74) is 6.70. The van der Waals surface area contributed by atoms with Gasteiger partial charge in [0.1, 0.15) is 42.3 Å². The zero-order valence-electron chi connectivity index (χ0n) is 49.6. The van der Waals surface area contributed by atoms with Gasteiger partial charge in [-0.15, -0.1) is 11.8 Å². The summed E-state index contributed by atoms with van der Waals surface area (Å²) in [6.45, 7) is 7.30. The van der Waals surface area contributed by atoms with Crippen molar-refractivity contribution in [3.05, 3.63) is 95.8 Å². The van der Waals surface area contributed by atoms with E-state index < -0.39 is 119 Å². The molecule has 1 fully saturated rings. The number of hydrogen-bond acceptors (Lipinski definition) is 16. The molecule has 29 heteroatoms. The lowest BCUT2D eigenvalue weighted by atomic mass is 9.92. The van der Waals surface area contributed by atoms with Crippen LogP contribution < -0.4 is 37.6 Å². The van der Waals surface area contributed by atoms with Crippen LogP contribution in [0.4, 0.5) is 8.78 Å². The van der Waals surface area contributed by atoms with Crippen LogP contribution in [-0.4, -0.2) is 199 Å². The molecule has 9 N–H and O–H groups in total. The van der Waals surface area contributed by atoms with E-state index in [1.54, 1.807) is 17.2 Å². The largest absolute Gasteiger partial charge is 0.480 e. The van der Waals surface area contributed by atoms with E-state index >= 15 is 4.39 Å².